The zero-order valence-corrected chi connectivity index (χ0v) is 11.9. The van der Waals surface area contributed by atoms with Crippen molar-refractivity contribution in [1.82, 2.24) is 10.2 Å². The van der Waals surface area contributed by atoms with Crippen molar-refractivity contribution in [2.45, 2.75) is 36.0 Å². The summed E-state index contributed by atoms with van der Waals surface area (Å²) in [7, 11) is 0. The van der Waals surface area contributed by atoms with E-state index in [0.29, 0.717) is 0 Å². The maximum absolute atomic E-state index is 3.50. The third kappa shape index (κ3) is 2.73. The number of hydrogen-bond donors (Lipinski definition) is 1. The highest BCUT2D eigenvalue weighted by Crippen LogP contribution is 2.37. The Morgan fingerprint density at radius 3 is 3.11 bits per heavy atom. The molecule has 0 aliphatic carbocycles. The summed E-state index contributed by atoms with van der Waals surface area (Å²) >= 11 is 2.08. The lowest BCUT2D eigenvalue weighted by Crippen LogP contribution is -2.39. The lowest BCUT2D eigenvalue weighted by Gasteiger charge is -2.28. The molecule has 2 nitrogen and oxygen atoms in total. The molecule has 1 aromatic rings. The molecule has 0 radical (unpaired) electrons. The summed E-state index contributed by atoms with van der Waals surface area (Å²) in [5.41, 5.74) is 1.55. The molecule has 1 saturated heterocycles. The van der Waals surface area contributed by atoms with Crippen LogP contribution < -0.4 is 5.32 Å². The summed E-state index contributed by atoms with van der Waals surface area (Å²) in [6.45, 7) is 7.14. The maximum atomic E-state index is 3.50. The highest BCUT2D eigenvalue weighted by Gasteiger charge is 2.26. The van der Waals surface area contributed by atoms with Crippen molar-refractivity contribution in [3.63, 3.8) is 0 Å². The van der Waals surface area contributed by atoms with Crippen LogP contribution in [0.25, 0.3) is 0 Å². The molecule has 0 aromatic heterocycles. The van der Waals surface area contributed by atoms with Gasteiger partial charge in [-0.3, -0.25) is 4.90 Å². The molecule has 0 bridgehead atoms. The van der Waals surface area contributed by atoms with Gasteiger partial charge in [-0.25, -0.2) is 0 Å². The number of fused-ring (bicyclic) bond motifs is 1. The number of benzene rings is 1. The number of hydrogen-bond acceptors (Lipinski definition) is 3. The molecule has 2 unspecified atom stereocenters. The molecule has 0 spiro atoms. The fourth-order valence-electron chi connectivity index (χ4n) is 2.95. The van der Waals surface area contributed by atoms with E-state index in [-0.39, 0.29) is 0 Å². The van der Waals surface area contributed by atoms with Crippen molar-refractivity contribution < 1.29 is 0 Å². The number of nitrogens with one attached hydrogen (secondary N) is 1. The minimum Gasteiger partial charge on any atom is -0.315 e. The van der Waals surface area contributed by atoms with Crippen molar-refractivity contribution in [1.29, 1.82) is 0 Å². The molecular formula is C15H22N2S. The SMILES string of the molecule is CC1CCNCCN1CC1Cc2ccccc2S1. The normalized spacial score (nSPS) is 28.9. The van der Waals surface area contributed by atoms with Crippen LogP contribution >= 0.6 is 11.8 Å². The molecular weight excluding hydrogens is 240 g/mol. The maximum Gasteiger partial charge on any atom is 0.0263 e. The Kier molecular flexibility index (Phi) is 3.92. The molecule has 2 atom stereocenters. The average molecular weight is 262 g/mol. The molecule has 0 amide bonds. The van der Waals surface area contributed by atoms with E-state index < -0.39 is 0 Å². The van der Waals surface area contributed by atoms with Crippen LogP contribution in [0.1, 0.15) is 18.9 Å². The van der Waals surface area contributed by atoms with Gasteiger partial charge >= 0.3 is 0 Å². The topological polar surface area (TPSA) is 15.3 Å². The Bertz CT molecular complexity index is 382. The average Bonchev–Trinajstić information content (AvgIpc) is 2.68. The molecule has 98 valence electrons. The summed E-state index contributed by atoms with van der Waals surface area (Å²) in [5, 5.41) is 4.25. The summed E-state index contributed by atoms with van der Waals surface area (Å²) in [5.74, 6) is 0. The van der Waals surface area contributed by atoms with E-state index >= 15 is 0 Å². The number of rotatable bonds is 2. The van der Waals surface area contributed by atoms with E-state index in [1.165, 1.54) is 37.4 Å². The summed E-state index contributed by atoms with van der Waals surface area (Å²) in [6, 6.07) is 9.61. The van der Waals surface area contributed by atoms with E-state index in [1.807, 2.05) is 0 Å². The first-order valence-corrected chi connectivity index (χ1v) is 7.90. The minimum atomic E-state index is 0.726. The molecule has 2 aliphatic rings. The first-order chi connectivity index (χ1) is 8.83. The van der Waals surface area contributed by atoms with Crippen LogP contribution in [0.5, 0.6) is 0 Å². The Morgan fingerprint density at radius 2 is 2.22 bits per heavy atom. The molecule has 1 fully saturated rings. The molecule has 3 heteroatoms. The predicted molar refractivity (Wildman–Crippen MR) is 78.3 cm³/mol. The van der Waals surface area contributed by atoms with E-state index in [1.54, 1.807) is 5.56 Å². The molecule has 18 heavy (non-hydrogen) atoms. The zero-order chi connectivity index (χ0) is 12.4. The van der Waals surface area contributed by atoms with E-state index in [0.717, 1.165) is 17.8 Å². The van der Waals surface area contributed by atoms with Crippen molar-refractivity contribution in [3.8, 4) is 0 Å². The first kappa shape index (κ1) is 12.5. The van der Waals surface area contributed by atoms with Crippen LogP contribution in [-0.4, -0.2) is 42.4 Å². The molecule has 2 heterocycles. The van der Waals surface area contributed by atoms with Gasteiger partial charge in [0, 0.05) is 35.8 Å². The minimum absolute atomic E-state index is 0.726. The van der Waals surface area contributed by atoms with Crippen molar-refractivity contribution in [2.75, 3.05) is 26.2 Å². The predicted octanol–water partition coefficient (Wildman–Crippen LogP) is 2.39. The van der Waals surface area contributed by atoms with E-state index in [9.17, 15) is 0 Å². The van der Waals surface area contributed by atoms with Gasteiger partial charge in [0.1, 0.15) is 0 Å². The van der Waals surface area contributed by atoms with Gasteiger partial charge in [-0.1, -0.05) is 18.2 Å². The van der Waals surface area contributed by atoms with Gasteiger partial charge in [-0.2, -0.15) is 0 Å². The zero-order valence-electron chi connectivity index (χ0n) is 11.1. The van der Waals surface area contributed by atoms with Crippen LogP contribution in [0.15, 0.2) is 29.2 Å². The quantitative estimate of drug-likeness (QED) is 0.881. The highest BCUT2D eigenvalue weighted by molar-refractivity contribution is 8.00. The molecule has 2 aliphatic heterocycles. The molecule has 1 aromatic carbocycles. The Hall–Kier alpha value is -0.510. The molecule has 0 saturated carbocycles. The van der Waals surface area contributed by atoms with Gasteiger partial charge < -0.3 is 5.32 Å². The van der Waals surface area contributed by atoms with Crippen molar-refractivity contribution in [3.05, 3.63) is 29.8 Å². The first-order valence-electron chi connectivity index (χ1n) is 7.02. The van der Waals surface area contributed by atoms with Crippen LogP contribution in [0.2, 0.25) is 0 Å². The molecule has 1 N–H and O–H groups in total. The smallest absolute Gasteiger partial charge is 0.0263 e. The van der Waals surface area contributed by atoms with Crippen LogP contribution in [0, 0.1) is 0 Å². The Balaban J connectivity index is 1.61. The van der Waals surface area contributed by atoms with Gasteiger partial charge in [-0.05, 0) is 37.9 Å². The fourth-order valence-corrected chi connectivity index (χ4v) is 4.30. The summed E-state index contributed by atoms with van der Waals surface area (Å²) < 4.78 is 0. The van der Waals surface area contributed by atoms with Crippen LogP contribution in [-0.2, 0) is 6.42 Å². The second-order valence-corrected chi connectivity index (χ2v) is 6.78. The largest absolute Gasteiger partial charge is 0.315 e. The van der Waals surface area contributed by atoms with Crippen molar-refractivity contribution >= 4 is 11.8 Å². The Morgan fingerprint density at radius 1 is 1.33 bits per heavy atom. The standard InChI is InChI=1S/C15H22N2S/c1-12-6-7-16-8-9-17(12)11-14-10-13-4-2-3-5-15(13)18-14/h2-5,12,14,16H,6-11H2,1H3. The fraction of sp³-hybridized carbons (Fsp3) is 0.600. The number of thioether (sulfide) groups is 1. The highest BCUT2D eigenvalue weighted by atomic mass is 32.2. The summed E-state index contributed by atoms with van der Waals surface area (Å²) in [4.78, 5) is 4.17. The second-order valence-electron chi connectivity index (χ2n) is 5.43. The monoisotopic (exact) mass is 262 g/mol. The van der Waals surface area contributed by atoms with E-state index in [4.69, 9.17) is 0 Å². The van der Waals surface area contributed by atoms with Gasteiger partial charge in [-0.15, -0.1) is 11.8 Å². The van der Waals surface area contributed by atoms with E-state index in [2.05, 4.69) is 53.2 Å². The van der Waals surface area contributed by atoms with Crippen LogP contribution in [0.4, 0.5) is 0 Å². The van der Waals surface area contributed by atoms with Crippen molar-refractivity contribution in [2.24, 2.45) is 0 Å². The Labute approximate surface area is 114 Å². The van der Waals surface area contributed by atoms with Gasteiger partial charge in [0.05, 0.1) is 0 Å². The number of nitrogens with zero attached hydrogens (tertiary/aromatic N) is 1. The third-order valence-corrected chi connectivity index (χ3v) is 5.39. The van der Waals surface area contributed by atoms with Gasteiger partial charge in [0.25, 0.3) is 0 Å². The lowest BCUT2D eigenvalue weighted by molar-refractivity contribution is 0.221. The van der Waals surface area contributed by atoms with Crippen LogP contribution in [0.3, 0.4) is 0 Å². The molecule has 3 rings (SSSR count). The second kappa shape index (κ2) is 5.64. The van der Waals surface area contributed by atoms with Gasteiger partial charge in [0.2, 0.25) is 0 Å². The lowest BCUT2D eigenvalue weighted by atomic mass is 10.1. The summed E-state index contributed by atoms with van der Waals surface area (Å²) in [6.07, 6.45) is 2.53. The third-order valence-electron chi connectivity index (χ3n) is 4.09. The van der Waals surface area contributed by atoms with Gasteiger partial charge in [0.15, 0.2) is 0 Å².